The van der Waals surface area contributed by atoms with E-state index in [2.05, 4.69) is 20.3 Å². The minimum atomic E-state index is -3.84. The Morgan fingerprint density at radius 3 is 2.48 bits per heavy atom. The number of nitrogens with one attached hydrogen (secondary N) is 2. The fraction of sp³-hybridized carbons (Fsp3) is 0.333. The zero-order valence-electron chi connectivity index (χ0n) is 23.4. The number of benzene rings is 1. The minimum Gasteiger partial charge on any atom is -0.378 e. The third-order valence-electron chi connectivity index (χ3n) is 6.74. The van der Waals surface area contributed by atoms with E-state index in [0.717, 1.165) is 11.8 Å². The van der Waals surface area contributed by atoms with Crippen LogP contribution in [0.2, 0.25) is 5.15 Å². The Morgan fingerprint density at radius 1 is 1.12 bits per heavy atom. The molecule has 0 spiro atoms. The van der Waals surface area contributed by atoms with E-state index in [0.29, 0.717) is 60.1 Å². The quantitative estimate of drug-likeness (QED) is 0.295. The first-order valence-corrected chi connectivity index (χ1v) is 15.3. The van der Waals surface area contributed by atoms with Gasteiger partial charge in [0, 0.05) is 38.1 Å². The molecule has 2 N–H and O–H groups in total. The van der Waals surface area contributed by atoms with Crippen molar-refractivity contribution in [2.24, 2.45) is 7.05 Å². The molecule has 1 saturated heterocycles. The lowest BCUT2D eigenvalue weighted by molar-refractivity contribution is 0.0977. The van der Waals surface area contributed by atoms with Crippen molar-refractivity contribution in [1.29, 1.82) is 0 Å². The van der Waals surface area contributed by atoms with Gasteiger partial charge in [-0.15, -0.1) is 0 Å². The van der Waals surface area contributed by atoms with E-state index < -0.39 is 22.0 Å². The van der Waals surface area contributed by atoms with Crippen molar-refractivity contribution in [2.75, 3.05) is 42.8 Å². The highest BCUT2D eigenvalue weighted by molar-refractivity contribution is 7.89. The lowest BCUT2D eigenvalue weighted by Crippen LogP contribution is -2.37. The van der Waals surface area contributed by atoms with Gasteiger partial charge >= 0.3 is 0 Å². The number of halogens is 1. The maximum atomic E-state index is 13.5. The molecule has 4 heterocycles. The number of anilines is 2. The van der Waals surface area contributed by atoms with Crippen LogP contribution in [0, 0.1) is 6.92 Å². The summed E-state index contributed by atoms with van der Waals surface area (Å²) in [7, 11) is -2.19. The molecule has 3 aromatic heterocycles. The molecule has 220 valence electrons. The van der Waals surface area contributed by atoms with Gasteiger partial charge in [0.1, 0.15) is 11.0 Å². The Morgan fingerprint density at radius 2 is 1.81 bits per heavy atom. The number of carbonyl (C=O) groups excluding carboxylic acids is 1. The van der Waals surface area contributed by atoms with Crippen molar-refractivity contribution in [1.82, 2.24) is 29.2 Å². The summed E-state index contributed by atoms with van der Waals surface area (Å²) in [5, 5.41) is 3.65. The number of amides is 1. The second-order valence-electron chi connectivity index (χ2n) is 10.0. The SMILES string of the molecule is Cc1cc([C@@H](C)Nc2ccc(Cl)nc2C(=O)NS(C)(=O)=O)c2nc(-c3cnc(N4CCOCC4)nc3)n(C)c(=O)c2c1. The number of carbonyl (C=O) groups is 1. The van der Waals surface area contributed by atoms with Crippen LogP contribution in [0.15, 0.2) is 41.5 Å². The summed E-state index contributed by atoms with van der Waals surface area (Å²) < 4.78 is 32.1. The summed E-state index contributed by atoms with van der Waals surface area (Å²) in [5.41, 5.74) is 2.35. The van der Waals surface area contributed by atoms with Crippen LogP contribution in [0.25, 0.3) is 22.3 Å². The molecule has 1 fully saturated rings. The average Bonchev–Trinajstić information content (AvgIpc) is 2.95. The third kappa shape index (κ3) is 6.20. The summed E-state index contributed by atoms with van der Waals surface area (Å²) >= 11 is 6.01. The number of ether oxygens (including phenoxy) is 1. The molecule has 1 aliphatic heterocycles. The molecule has 13 nitrogen and oxygen atoms in total. The number of hydrogen-bond donors (Lipinski definition) is 2. The Balaban J connectivity index is 1.55. The number of pyridine rings is 1. The summed E-state index contributed by atoms with van der Waals surface area (Å²) in [4.78, 5) is 46.2. The molecular weight excluding hydrogens is 584 g/mol. The Kier molecular flexibility index (Phi) is 8.12. The number of sulfonamides is 1. The second kappa shape index (κ2) is 11.6. The number of aromatic nitrogens is 5. The van der Waals surface area contributed by atoms with Crippen LogP contribution in [0.3, 0.4) is 0 Å². The molecule has 1 amide bonds. The number of rotatable bonds is 7. The third-order valence-corrected chi connectivity index (χ3v) is 7.50. The van der Waals surface area contributed by atoms with E-state index in [4.69, 9.17) is 21.3 Å². The zero-order valence-corrected chi connectivity index (χ0v) is 25.0. The molecule has 15 heteroatoms. The molecule has 0 saturated carbocycles. The highest BCUT2D eigenvalue weighted by Gasteiger charge is 2.22. The van der Waals surface area contributed by atoms with Crippen LogP contribution in [0.5, 0.6) is 0 Å². The predicted octanol–water partition coefficient (Wildman–Crippen LogP) is 2.45. The lowest BCUT2D eigenvalue weighted by atomic mass is 10.0. The summed E-state index contributed by atoms with van der Waals surface area (Å²) in [6.45, 7) is 6.31. The fourth-order valence-corrected chi connectivity index (χ4v) is 5.34. The monoisotopic (exact) mass is 612 g/mol. The number of hydrogen-bond acceptors (Lipinski definition) is 11. The zero-order chi connectivity index (χ0) is 30.2. The summed E-state index contributed by atoms with van der Waals surface area (Å²) in [6, 6.07) is 6.19. The molecule has 1 aliphatic rings. The van der Waals surface area contributed by atoms with Gasteiger partial charge in [0.2, 0.25) is 16.0 Å². The molecule has 5 rings (SSSR count). The maximum Gasteiger partial charge on any atom is 0.285 e. The van der Waals surface area contributed by atoms with E-state index in [-0.39, 0.29) is 22.1 Å². The number of fused-ring (bicyclic) bond motifs is 1. The van der Waals surface area contributed by atoms with Crippen LogP contribution in [0.1, 0.15) is 34.6 Å². The highest BCUT2D eigenvalue weighted by Crippen LogP contribution is 2.29. The minimum absolute atomic E-state index is 0.0181. The number of morpholine rings is 1. The van der Waals surface area contributed by atoms with Gasteiger partial charge in [-0.3, -0.25) is 14.2 Å². The first-order chi connectivity index (χ1) is 19.9. The van der Waals surface area contributed by atoms with Crippen LogP contribution in [-0.2, 0) is 21.8 Å². The molecule has 0 bridgehead atoms. The van der Waals surface area contributed by atoms with Crippen molar-refractivity contribution in [2.45, 2.75) is 19.9 Å². The van der Waals surface area contributed by atoms with Crippen molar-refractivity contribution >= 4 is 50.1 Å². The number of nitrogens with zero attached hydrogens (tertiary/aromatic N) is 6. The Hall–Kier alpha value is -4.14. The largest absolute Gasteiger partial charge is 0.378 e. The van der Waals surface area contributed by atoms with Crippen LogP contribution >= 0.6 is 11.6 Å². The molecule has 42 heavy (non-hydrogen) atoms. The van der Waals surface area contributed by atoms with Crippen molar-refractivity contribution in [3.05, 3.63) is 69.0 Å². The molecule has 4 aromatic rings. The van der Waals surface area contributed by atoms with Gasteiger partial charge in [0.15, 0.2) is 5.69 Å². The summed E-state index contributed by atoms with van der Waals surface area (Å²) in [6.07, 6.45) is 4.16. The molecule has 1 aromatic carbocycles. The van der Waals surface area contributed by atoms with Crippen LogP contribution in [-0.4, -0.2) is 71.4 Å². The van der Waals surface area contributed by atoms with E-state index in [1.54, 1.807) is 25.5 Å². The molecule has 0 radical (unpaired) electrons. The predicted molar refractivity (Wildman–Crippen MR) is 159 cm³/mol. The fourth-order valence-electron chi connectivity index (χ4n) is 4.76. The van der Waals surface area contributed by atoms with Gasteiger partial charge < -0.3 is 15.0 Å². The van der Waals surface area contributed by atoms with E-state index in [9.17, 15) is 18.0 Å². The topological polar surface area (TPSA) is 161 Å². The molecule has 1 atom stereocenters. The maximum absolute atomic E-state index is 13.5. The van der Waals surface area contributed by atoms with Crippen molar-refractivity contribution < 1.29 is 17.9 Å². The first kappa shape index (κ1) is 29.4. The van der Waals surface area contributed by atoms with Gasteiger partial charge in [-0.05, 0) is 37.6 Å². The van der Waals surface area contributed by atoms with Gasteiger partial charge in [-0.1, -0.05) is 17.7 Å². The number of aryl methyl sites for hydroxylation is 1. The standard InChI is InChI=1S/C27H29ClN8O5S/c1-15-11-18(16(2)31-20-5-6-21(28)32-23(20)25(37)34-42(4,39)40)22-19(12-15)26(38)35(3)24(33-22)17-13-29-27(30-14-17)36-7-9-41-10-8-36/h5-6,11-14,16,31H,7-10H2,1-4H3,(H,34,37)/t16-/m1/s1. The lowest BCUT2D eigenvalue weighted by Gasteiger charge is -2.26. The molecule has 0 unspecified atom stereocenters. The van der Waals surface area contributed by atoms with E-state index >= 15 is 0 Å². The van der Waals surface area contributed by atoms with Gasteiger partial charge in [-0.25, -0.2) is 33.1 Å². The van der Waals surface area contributed by atoms with Crippen molar-refractivity contribution in [3.63, 3.8) is 0 Å². The summed E-state index contributed by atoms with van der Waals surface area (Å²) in [5.74, 6) is 0.0348. The molecular formula is C27H29ClN8O5S. The van der Waals surface area contributed by atoms with E-state index in [1.165, 1.54) is 16.7 Å². The Bertz CT molecular complexity index is 1840. The van der Waals surface area contributed by atoms with Crippen molar-refractivity contribution in [3.8, 4) is 11.4 Å². The van der Waals surface area contributed by atoms with Crippen LogP contribution in [0.4, 0.5) is 11.6 Å². The van der Waals surface area contributed by atoms with Crippen LogP contribution < -0.4 is 20.5 Å². The normalized spacial score (nSPS) is 14.5. The smallest absolute Gasteiger partial charge is 0.285 e. The second-order valence-corrected chi connectivity index (χ2v) is 12.2. The van der Waals surface area contributed by atoms with Gasteiger partial charge in [-0.2, -0.15) is 0 Å². The average molecular weight is 613 g/mol. The first-order valence-electron chi connectivity index (χ1n) is 13.0. The highest BCUT2D eigenvalue weighted by atomic mass is 35.5. The Labute approximate surface area is 247 Å². The van der Waals surface area contributed by atoms with Gasteiger partial charge in [0.05, 0.1) is 47.7 Å². The van der Waals surface area contributed by atoms with E-state index in [1.807, 2.05) is 29.5 Å². The van der Waals surface area contributed by atoms with Gasteiger partial charge in [0.25, 0.3) is 11.5 Å². The molecule has 0 aliphatic carbocycles.